The molecule has 3 heterocycles. The maximum absolute atomic E-state index is 13.1. The Morgan fingerprint density at radius 2 is 1.79 bits per heavy atom. The van der Waals surface area contributed by atoms with Crippen LogP contribution in [0.5, 0.6) is 11.5 Å². The molecular formula is C30H25N3O4S. The predicted molar refractivity (Wildman–Crippen MR) is 149 cm³/mol. The molecule has 0 radical (unpaired) electrons. The monoisotopic (exact) mass is 523 g/mol. The number of hydrogen-bond acceptors (Lipinski definition) is 7. The van der Waals surface area contributed by atoms with Crippen molar-refractivity contribution >= 4 is 28.3 Å². The van der Waals surface area contributed by atoms with Crippen molar-refractivity contribution in [1.82, 2.24) is 14.9 Å². The summed E-state index contributed by atoms with van der Waals surface area (Å²) in [5.74, 6) is -0.0375. The number of nitrogens with one attached hydrogen (secondary N) is 1. The highest BCUT2D eigenvalue weighted by Crippen LogP contribution is 2.40. The first-order valence-electron chi connectivity index (χ1n) is 12.3. The van der Waals surface area contributed by atoms with Crippen LogP contribution in [0.25, 0.3) is 39.1 Å². The van der Waals surface area contributed by atoms with Crippen LogP contribution in [0.2, 0.25) is 0 Å². The van der Waals surface area contributed by atoms with Gasteiger partial charge in [-0.1, -0.05) is 60.3 Å². The zero-order valence-corrected chi connectivity index (χ0v) is 21.5. The summed E-state index contributed by atoms with van der Waals surface area (Å²) >= 11 is 1.50. The van der Waals surface area contributed by atoms with Crippen LogP contribution in [0.3, 0.4) is 0 Å². The number of H-pyrrole nitrogens is 1. The highest BCUT2D eigenvalue weighted by Gasteiger charge is 2.22. The lowest BCUT2D eigenvalue weighted by atomic mass is 9.96. The lowest BCUT2D eigenvalue weighted by molar-refractivity contribution is 0.369. The summed E-state index contributed by atoms with van der Waals surface area (Å²) in [6, 6.07) is 20.3. The molecule has 0 amide bonds. The molecule has 0 saturated heterocycles. The summed E-state index contributed by atoms with van der Waals surface area (Å²) in [7, 11) is 2.02. The van der Waals surface area contributed by atoms with Gasteiger partial charge in [0.25, 0.3) is 0 Å². The van der Waals surface area contributed by atoms with Crippen molar-refractivity contribution in [3.63, 3.8) is 0 Å². The molecule has 3 N–H and O–H groups in total. The van der Waals surface area contributed by atoms with E-state index in [1.807, 2.05) is 73.9 Å². The Hall–Kier alpha value is -4.27. The Kier molecular flexibility index (Phi) is 6.27. The van der Waals surface area contributed by atoms with Gasteiger partial charge in [0.05, 0.1) is 17.5 Å². The zero-order chi connectivity index (χ0) is 26.2. The SMILES string of the molecule is CN1CC=C(c2c(O)cc(O)c3c(=O)cc(-c4ccc(Sc5ncc(-c6ccccc6)[nH]5)cc4)oc23)CC1. The molecule has 8 heteroatoms. The first-order chi connectivity index (χ1) is 18.5. The average Bonchev–Trinajstić information content (AvgIpc) is 3.39. The van der Waals surface area contributed by atoms with Crippen molar-refractivity contribution < 1.29 is 14.6 Å². The van der Waals surface area contributed by atoms with Gasteiger partial charge < -0.3 is 24.5 Å². The number of aromatic amines is 1. The molecule has 7 nitrogen and oxygen atoms in total. The fraction of sp³-hybridized carbons (Fsp3) is 0.133. The fourth-order valence-corrected chi connectivity index (χ4v) is 5.43. The minimum atomic E-state index is -0.365. The molecule has 2 aromatic heterocycles. The van der Waals surface area contributed by atoms with E-state index >= 15 is 0 Å². The summed E-state index contributed by atoms with van der Waals surface area (Å²) < 4.78 is 6.21. The van der Waals surface area contributed by atoms with Crippen molar-refractivity contribution in [2.24, 2.45) is 0 Å². The smallest absolute Gasteiger partial charge is 0.197 e. The van der Waals surface area contributed by atoms with Gasteiger partial charge in [0.15, 0.2) is 16.2 Å². The van der Waals surface area contributed by atoms with Crippen molar-refractivity contribution in [3.05, 3.63) is 94.8 Å². The van der Waals surface area contributed by atoms with Crippen LogP contribution < -0.4 is 5.43 Å². The third-order valence-corrected chi connectivity index (χ3v) is 7.59. The minimum Gasteiger partial charge on any atom is -0.507 e. The molecule has 1 aliphatic rings. The second-order valence-corrected chi connectivity index (χ2v) is 10.4. The molecule has 0 unspecified atom stereocenters. The average molecular weight is 524 g/mol. The predicted octanol–water partition coefficient (Wildman–Crippen LogP) is 6.13. The largest absolute Gasteiger partial charge is 0.507 e. The number of imidazole rings is 1. The summed E-state index contributed by atoms with van der Waals surface area (Å²) in [4.78, 5) is 24.0. The molecule has 0 fully saturated rings. The molecule has 3 aromatic carbocycles. The number of benzene rings is 3. The van der Waals surface area contributed by atoms with Crippen molar-refractivity contribution in [1.29, 1.82) is 0 Å². The molecule has 0 spiro atoms. The number of rotatable bonds is 5. The number of fused-ring (bicyclic) bond motifs is 1. The van der Waals surface area contributed by atoms with Gasteiger partial charge in [0.2, 0.25) is 0 Å². The molecule has 0 bridgehead atoms. The Bertz CT molecular complexity index is 1720. The summed E-state index contributed by atoms with van der Waals surface area (Å²) in [6.07, 6.45) is 4.53. The normalized spacial score (nSPS) is 14.1. The lowest BCUT2D eigenvalue weighted by Crippen LogP contribution is -2.23. The topological polar surface area (TPSA) is 103 Å². The van der Waals surface area contributed by atoms with E-state index in [4.69, 9.17) is 4.42 Å². The molecule has 190 valence electrons. The van der Waals surface area contributed by atoms with E-state index in [9.17, 15) is 15.0 Å². The second-order valence-electron chi connectivity index (χ2n) is 9.30. The fourth-order valence-electron chi connectivity index (χ4n) is 4.67. The molecule has 38 heavy (non-hydrogen) atoms. The van der Waals surface area contributed by atoms with Crippen LogP contribution in [0, 0.1) is 0 Å². The molecule has 0 aliphatic carbocycles. The quantitative estimate of drug-likeness (QED) is 0.255. The third kappa shape index (κ3) is 4.60. The van der Waals surface area contributed by atoms with Crippen LogP contribution in [-0.4, -0.2) is 45.2 Å². The van der Waals surface area contributed by atoms with E-state index in [0.717, 1.165) is 40.0 Å². The maximum atomic E-state index is 13.1. The Balaban J connectivity index is 1.33. The number of phenols is 2. The van der Waals surface area contributed by atoms with E-state index < -0.39 is 0 Å². The molecule has 6 rings (SSSR count). The van der Waals surface area contributed by atoms with Crippen LogP contribution in [0.15, 0.2) is 98.3 Å². The van der Waals surface area contributed by atoms with Gasteiger partial charge in [-0.3, -0.25) is 4.79 Å². The van der Waals surface area contributed by atoms with Crippen molar-refractivity contribution in [2.45, 2.75) is 16.5 Å². The first-order valence-corrected chi connectivity index (χ1v) is 13.1. The van der Waals surface area contributed by atoms with E-state index in [2.05, 4.69) is 14.9 Å². The summed E-state index contributed by atoms with van der Waals surface area (Å²) in [6.45, 7) is 1.54. The van der Waals surface area contributed by atoms with Crippen molar-refractivity contribution in [2.75, 3.05) is 20.1 Å². The standard InChI is InChI=1S/C30H25N3O4S/c1-33-13-11-20(12-14-33)27-23(34)15-24(35)28-25(36)16-26(37-29(27)28)19-7-9-21(10-8-19)38-30-31-17-22(32-30)18-5-3-2-4-6-18/h2-11,15-17,34-35H,12-14H2,1H3,(H,31,32). The summed E-state index contributed by atoms with van der Waals surface area (Å²) in [5, 5.41) is 22.0. The second kappa shape index (κ2) is 9.89. The third-order valence-electron chi connectivity index (χ3n) is 6.68. The van der Waals surface area contributed by atoms with Gasteiger partial charge in [-0.05, 0) is 36.7 Å². The summed E-state index contributed by atoms with van der Waals surface area (Å²) in [5.41, 5.74) is 3.92. The lowest BCUT2D eigenvalue weighted by Gasteiger charge is -2.23. The Labute approximate surface area is 223 Å². The van der Waals surface area contributed by atoms with Gasteiger partial charge >= 0.3 is 0 Å². The Morgan fingerprint density at radius 1 is 1.00 bits per heavy atom. The number of phenolic OH excluding ortho intramolecular Hbond substituents is 2. The van der Waals surface area contributed by atoms with Gasteiger partial charge in [-0.15, -0.1) is 0 Å². The molecule has 0 saturated carbocycles. The minimum absolute atomic E-state index is 0.0700. The highest BCUT2D eigenvalue weighted by atomic mass is 32.2. The van der Waals surface area contributed by atoms with Crippen LogP contribution >= 0.6 is 11.8 Å². The first kappa shape index (κ1) is 24.1. The van der Waals surface area contributed by atoms with Gasteiger partial charge in [0, 0.05) is 35.7 Å². The number of aromatic nitrogens is 2. The maximum Gasteiger partial charge on any atom is 0.197 e. The molecule has 1 aliphatic heterocycles. The van der Waals surface area contributed by atoms with E-state index in [1.165, 1.54) is 23.9 Å². The van der Waals surface area contributed by atoms with E-state index in [0.29, 0.717) is 23.3 Å². The van der Waals surface area contributed by atoms with E-state index in [1.54, 1.807) is 0 Å². The number of nitrogens with zero attached hydrogens (tertiary/aromatic N) is 2. The Morgan fingerprint density at radius 3 is 2.53 bits per heavy atom. The van der Waals surface area contributed by atoms with Gasteiger partial charge in [-0.25, -0.2) is 4.98 Å². The van der Waals surface area contributed by atoms with Crippen LogP contribution in [-0.2, 0) is 0 Å². The highest BCUT2D eigenvalue weighted by molar-refractivity contribution is 7.99. The van der Waals surface area contributed by atoms with Crippen LogP contribution in [0.4, 0.5) is 0 Å². The molecular weight excluding hydrogens is 498 g/mol. The zero-order valence-electron chi connectivity index (χ0n) is 20.6. The van der Waals surface area contributed by atoms with Gasteiger partial charge in [0.1, 0.15) is 22.6 Å². The van der Waals surface area contributed by atoms with E-state index in [-0.39, 0.29) is 27.9 Å². The number of likely N-dealkylation sites (N-methyl/N-ethyl adjacent to an activating group) is 1. The molecule has 5 aromatic rings. The van der Waals surface area contributed by atoms with Crippen molar-refractivity contribution in [3.8, 4) is 34.1 Å². The van der Waals surface area contributed by atoms with Crippen LogP contribution in [0.1, 0.15) is 12.0 Å². The van der Waals surface area contributed by atoms with Gasteiger partial charge in [-0.2, -0.15) is 0 Å². The number of aromatic hydroxyl groups is 2. The molecule has 0 atom stereocenters. The number of hydrogen-bond donors (Lipinski definition) is 3.